The molecule has 23 heavy (non-hydrogen) atoms. The standard InChI is InChI=1S/C18H27N3O2/c19-7-1-2-12-23-18-6-3-5-17(15-18)16-20-8-4-9-21-10-13-22-14-11-21/h3,5-6,15,20H,1-2,4,8-14,16H2. The van der Waals surface area contributed by atoms with Crippen LogP contribution in [0, 0.1) is 11.3 Å². The smallest absolute Gasteiger partial charge is 0.119 e. The maximum atomic E-state index is 8.51. The first-order valence-corrected chi connectivity index (χ1v) is 8.48. The van der Waals surface area contributed by atoms with Gasteiger partial charge in [-0.25, -0.2) is 0 Å². The van der Waals surface area contributed by atoms with Crippen LogP contribution in [0.1, 0.15) is 24.8 Å². The number of benzene rings is 1. The fourth-order valence-electron chi connectivity index (χ4n) is 2.57. The van der Waals surface area contributed by atoms with Crippen molar-refractivity contribution in [3.63, 3.8) is 0 Å². The molecule has 126 valence electrons. The number of unbranched alkanes of at least 4 members (excludes halogenated alkanes) is 1. The molecule has 1 N–H and O–H groups in total. The second-order valence-corrected chi connectivity index (χ2v) is 5.74. The van der Waals surface area contributed by atoms with Crippen LogP contribution < -0.4 is 10.1 Å². The van der Waals surface area contributed by atoms with Crippen molar-refractivity contribution >= 4 is 0 Å². The predicted octanol–water partition coefficient (Wildman–Crippen LogP) is 2.18. The second-order valence-electron chi connectivity index (χ2n) is 5.74. The largest absolute Gasteiger partial charge is 0.494 e. The third kappa shape index (κ3) is 7.47. The Hall–Kier alpha value is -1.61. The van der Waals surface area contributed by atoms with E-state index in [0.29, 0.717) is 13.0 Å². The van der Waals surface area contributed by atoms with Crippen LogP contribution >= 0.6 is 0 Å². The molecule has 1 saturated heterocycles. The molecule has 1 heterocycles. The summed E-state index contributed by atoms with van der Waals surface area (Å²) < 4.78 is 11.0. The molecule has 0 radical (unpaired) electrons. The van der Waals surface area contributed by atoms with Crippen LogP contribution in [0.25, 0.3) is 0 Å². The maximum absolute atomic E-state index is 8.51. The molecule has 1 aromatic rings. The predicted molar refractivity (Wildman–Crippen MR) is 90.4 cm³/mol. The lowest BCUT2D eigenvalue weighted by atomic mass is 10.2. The van der Waals surface area contributed by atoms with Crippen LogP contribution in [0.3, 0.4) is 0 Å². The van der Waals surface area contributed by atoms with Crippen LogP contribution in [-0.2, 0) is 11.3 Å². The maximum Gasteiger partial charge on any atom is 0.119 e. The SMILES string of the molecule is N#CCCCOc1cccc(CNCCCN2CCOCC2)c1. The third-order valence-electron chi connectivity index (χ3n) is 3.86. The lowest BCUT2D eigenvalue weighted by Crippen LogP contribution is -2.37. The average molecular weight is 317 g/mol. The summed E-state index contributed by atoms with van der Waals surface area (Å²) in [6.45, 7) is 7.48. The first-order valence-electron chi connectivity index (χ1n) is 8.48. The fraction of sp³-hybridized carbons (Fsp3) is 0.611. The minimum absolute atomic E-state index is 0.546. The molecular weight excluding hydrogens is 290 g/mol. The number of nitrogens with one attached hydrogen (secondary N) is 1. The van der Waals surface area contributed by atoms with Crippen molar-refractivity contribution in [2.45, 2.75) is 25.8 Å². The van der Waals surface area contributed by atoms with E-state index in [0.717, 1.165) is 64.5 Å². The number of hydrogen-bond donors (Lipinski definition) is 1. The molecule has 1 aliphatic rings. The van der Waals surface area contributed by atoms with E-state index in [1.54, 1.807) is 0 Å². The molecular formula is C18H27N3O2. The normalized spacial score (nSPS) is 15.3. The highest BCUT2D eigenvalue weighted by atomic mass is 16.5. The van der Waals surface area contributed by atoms with Crippen LogP contribution in [-0.4, -0.2) is 50.9 Å². The van der Waals surface area contributed by atoms with Crippen molar-refractivity contribution in [2.24, 2.45) is 0 Å². The van der Waals surface area contributed by atoms with E-state index in [9.17, 15) is 0 Å². The summed E-state index contributed by atoms with van der Waals surface area (Å²) in [5.41, 5.74) is 1.23. The van der Waals surface area contributed by atoms with Gasteiger partial charge in [-0.1, -0.05) is 12.1 Å². The number of nitriles is 1. The topological polar surface area (TPSA) is 57.5 Å². The van der Waals surface area contributed by atoms with Crippen LogP contribution in [0.15, 0.2) is 24.3 Å². The third-order valence-corrected chi connectivity index (χ3v) is 3.86. The van der Waals surface area contributed by atoms with E-state index < -0.39 is 0 Å². The van der Waals surface area contributed by atoms with Gasteiger partial charge in [0.05, 0.1) is 25.9 Å². The van der Waals surface area contributed by atoms with Gasteiger partial charge in [-0.05, 0) is 43.6 Å². The van der Waals surface area contributed by atoms with Gasteiger partial charge in [0.15, 0.2) is 0 Å². The average Bonchev–Trinajstić information content (AvgIpc) is 2.60. The molecule has 0 atom stereocenters. The van der Waals surface area contributed by atoms with Crippen LogP contribution in [0.5, 0.6) is 5.75 Å². The summed E-state index contributed by atoms with van der Waals surface area (Å²) in [6.07, 6.45) is 2.48. The summed E-state index contributed by atoms with van der Waals surface area (Å²) in [6, 6.07) is 10.3. The highest BCUT2D eigenvalue weighted by molar-refractivity contribution is 5.28. The molecule has 1 aliphatic heterocycles. The van der Waals surface area contributed by atoms with Gasteiger partial charge < -0.3 is 14.8 Å². The summed E-state index contributed by atoms with van der Waals surface area (Å²) >= 11 is 0. The molecule has 5 nitrogen and oxygen atoms in total. The molecule has 0 saturated carbocycles. The monoisotopic (exact) mass is 317 g/mol. The van der Waals surface area contributed by atoms with E-state index in [4.69, 9.17) is 14.7 Å². The lowest BCUT2D eigenvalue weighted by molar-refractivity contribution is 0.0374. The molecule has 1 aromatic carbocycles. The number of nitrogens with zero attached hydrogens (tertiary/aromatic N) is 2. The Morgan fingerprint density at radius 3 is 2.96 bits per heavy atom. The Morgan fingerprint density at radius 2 is 2.13 bits per heavy atom. The number of morpholine rings is 1. The van der Waals surface area contributed by atoms with E-state index in [1.165, 1.54) is 5.56 Å². The van der Waals surface area contributed by atoms with Crippen molar-refractivity contribution in [3.8, 4) is 11.8 Å². The van der Waals surface area contributed by atoms with Crippen molar-refractivity contribution < 1.29 is 9.47 Å². The molecule has 0 spiro atoms. The highest BCUT2D eigenvalue weighted by Crippen LogP contribution is 2.13. The minimum atomic E-state index is 0.546. The fourth-order valence-corrected chi connectivity index (χ4v) is 2.57. The second kappa shape index (κ2) is 11.0. The van der Waals surface area contributed by atoms with E-state index in [-0.39, 0.29) is 0 Å². The van der Waals surface area contributed by atoms with Crippen molar-refractivity contribution in [1.82, 2.24) is 10.2 Å². The van der Waals surface area contributed by atoms with Crippen LogP contribution in [0.4, 0.5) is 0 Å². The minimum Gasteiger partial charge on any atom is -0.494 e. The number of hydrogen-bond acceptors (Lipinski definition) is 5. The molecule has 0 amide bonds. The Balaban J connectivity index is 1.58. The Morgan fingerprint density at radius 1 is 1.26 bits per heavy atom. The number of ether oxygens (including phenoxy) is 2. The number of rotatable bonds is 10. The van der Waals surface area contributed by atoms with E-state index >= 15 is 0 Å². The summed E-state index contributed by atoms with van der Waals surface area (Å²) in [5.74, 6) is 0.885. The van der Waals surface area contributed by atoms with Gasteiger partial charge in [0.25, 0.3) is 0 Å². The Kier molecular flexibility index (Phi) is 8.49. The zero-order chi connectivity index (χ0) is 16.2. The van der Waals surface area contributed by atoms with Crippen molar-refractivity contribution in [1.29, 1.82) is 5.26 Å². The highest BCUT2D eigenvalue weighted by Gasteiger charge is 2.08. The van der Waals surface area contributed by atoms with Gasteiger partial charge in [0.2, 0.25) is 0 Å². The summed E-state index contributed by atoms with van der Waals surface area (Å²) in [5, 5.41) is 12.0. The molecule has 0 aromatic heterocycles. The molecule has 5 heteroatoms. The van der Waals surface area contributed by atoms with Gasteiger partial charge in [-0.15, -0.1) is 0 Å². The first-order chi connectivity index (χ1) is 11.4. The van der Waals surface area contributed by atoms with Crippen molar-refractivity contribution in [2.75, 3.05) is 46.0 Å². The quantitative estimate of drug-likeness (QED) is 0.670. The van der Waals surface area contributed by atoms with Gasteiger partial charge in [0.1, 0.15) is 5.75 Å². The molecule has 1 fully saturated rings. The Bertz CT molecular complexity index is 481. The molecule has 0 unspecified atom stereocenters. The summed E-state index contributed by atoms with van der Waals surface area (Å²) in [7, 11) is 0. The Labute approximate surface area is 139 Å². The van der Waals surface area contributed by atoms with E-state index in [1.807, 2.05) is 12.1 Å². The van der Waals surface area contributed by atoms with Gasteiger partial charge in [-0.2, -0.15) is 5.26 Å². The van der Waals surface area contributed by atoms with Crippen molar-refractivity contribution in [3.05, 3.63) is 29.8 Å². The van der Waals surface area contributed by atoms with Gasteiger partial charge in [0, 0.05) is 26.1 Å². The zero-order valence-electron chi connectivity index (χ0n) is 13.8. The van der Waals surface area contributed by atoms with Gasteiger partial charge >= 0.3 is 0 Å². The molecule has 0 bridgehead atoms. The molecule has 0 aliphatic carbocycles. The first kappa shape index (κ1) is 17.7. The van der Waals surface area contributed by atoms with Crippen LogP contribution in [0.2, 0.25) is 0 Å². The lowest BCUT2D eigenvalue weighted by Gasteiger charge is -2.26. The zero-order valence-corrected chi connectivity index (χ0v) is 13.8. The van der Waals surface area contributed by atoms with E-state index in [2.05, 4.69) is 28.4 Å². The van der Waals surface area contributed by atoms with Gasteiger partial charge in [-0.3, -0.25) is 4.90 Å². The molecule has 2 rings (SSSR count). The summed E-state index contributed by atoms with van der Waals surface area (Å²) in [4.78, 5) is 2.46.